The van der Waals surface area contributed by atoms with Crippen molar-refractivity contribution in [3.05, 3.63) is 95.6 Å². The standard InChI is InChI=1S/C32H33NO5/c1-21(2)38-31(36)32(18-19-32)27-16-14-25(15-17-27)24-10-12-26(13-11-24)29(34)28(22(3)33-4)30(35)37-20-23-8-6-5-7-9-23/h5-17,21,28H,18-20H2,1-4H3. The number of ketones is 1. The minimum Gasteiger partial charge on any atom is -0.462 e. The third kappa shape index (κ3) is 5.91. The van der Waals surface area contributed by atoms with Crippen LogP contribution in [0.5, 0.6) is 0 Å². The van der Waals surface area contributed by atoms with Gasteiger partial charge in [0.05, 0.1) is 11.5 Å². The van der Waals surface area contributed by atoms with Gasteiger partial charge in [-0.05, 0) is 55.9 Å². The summed E-state index contributed by atoms with van der Waals surface area (Å²) in [7, 11) is 1.56. The lowest BCUT2D eigenvalue weighted by Crippen LogP contribution is -2.32. The molecule has 0 heterocycles. The first-order chi connectivity index (χ1) is 18.2. The second kappa shape index (κ2) is 11.5. The van der Waals surface area contributed by atoms with Gasteiger partial charge in [-0.3, -0.25) is 19.4 Å². The molecule has 196 valence electrons. The lowest BCUT2D eigenvalue weighted by molar-refractivity contribution is -0.150. The fourth-order valence-electron chi connectivity index (χ4n) is 4.45. The fraction of sp³-hybridized carbons (Fsp3) is 0.312. The molecule has 1 saturated carbocycles. The van der Waals surface area contributed by atoms with Gasteiger partial charge < -0.3 is 9.47 Å². The maximum Gasteiger partial charge on any atom is 0.322 e. The van der Waals surface area contributed by atoms with Crippen molar-refractivity contribution in [2.75, 3.05) is 7.05 Å². The molecule has 0 aromatic heterocycles. The van der Waals surface area contributed by atoms with Crippen molar-refractivity contribution in [3.63, 3.8) is 0 Å². The molecule has 1 unspecified atom stereocenters. The molecule has 0 radical (unpaired) electrons. The summed E-state index contributed by atoms with van der Waals surface area (Å²) >= 11 is 0. The number of ether oxygens (including phenoxy) is 2. The average Bonchev–Trinajstić information content (AvgIpc) is 3.75. The molecule has 0 N–H and O–H groups in total. The number of carbonyl (C=O) groups is 3. The van der Waals surface area contributed by atoms with E-state index >= 15 is 0 Å². The van der Waals surface area contributed by atoms with Gasteiger partial charge in [-0.15, -0.1) is 0 Å². The summed E-state index contributed by atoms with van der Waals surface area (Å²) in [6.45, 7) is 5.47. The van der Waals surface area contributed by atoms with Crippen LogP contribution in [0, 0.1) is 5.92 Å². The zero-order chi connectivity index (χ0) is 27.3. The molecule has 6 nitrogen and oxygen atoms in total. The molecule has 1 atom stereocenters. The third-order valence-electron chi connectivity index (χ3n) is 6.92. The molecular formula is C32H33NO5. The van der Waals surface area contributed by atoms with Crippen molar-refractivity contribution < 1.29 is 23.9 Å². The summed E-state index contributed by atoms with van der Waals surface area (Å²) in [4.78, 5) is 42.9. The highest BCUT2D eigenvalue weighted by atomic mass is 16.5. The Hall–Kier alpha value is -4.06. The van der Waals surface area contributed by atoms with E-state index < -0.39 is 17.3 Å². The number of nitrogens with zero attached hydrogens (tertiary/aromatic N) is 1. The first-order valence-corrected chi connectivity index (χ1v) is 12.9. The molecule has 1 fully saturated rings. The van der Waals surface area contributed by atoms with Crippen molar-refractivity contribution in [3.8, 4) is 11.1 Å². The van der Waals surface area contributed by atoms with Crippen LogP contribution < -0.4 is 0 Å². The molecule has 0 amide bonds. The summed E-state index contributed by atoms with van der Waals surface area (Å²) in [6, 6.07) is 24.4. The van der Waals surface area contributed by atoms with Gasteiger partial charge in [-0.25, -0.2) is 0 Å². The number of hydrogen-bond acceptors (Lipinski definition) is 6. The highest BCUT2D eigenvalue weighted by molar-refractivity contribution is 6.23. The van der Waals surface area contributed by atoms with Crippen molar-refractivity contribution >= 4 is 23.4 Å². The third-order valence-corrected chi connectivity index (χ3v) is 6.92. The van der Waals surface area contributed by atoms with Gasteiger partial charge >= 0.3 is 11.9 Å². The van der Waals surface area contributed by atoms with Gasteiger partial charge in [0.1, 0.15) is 6.61 Å². The van der Waals surface area contributed by atoms with Gasteiger partial charge in [0.25, 0.3) is 0 Å². The molecule has 3 aromatic carbocycles. The Morgan fingerprint density at radius 3 is 1.97 bits per heavy atom. The maximum atomic E-state index is 13.3. The van der Waals surface area contributed by atoms with E-state index in [2.05, 4.69) is 4.99 Å². The highest BCUT2D eigenvalue weighted by Crippen LogP contribution is 2.49. The normalized spacial score (nSPS) is 15.0. The summed E-state index contributed by atoms with van der Waals surface area (Å²) in [6.07, 6.45) is 1.45. The second-order valence-corrected chi connectivity index (χ2v) is 9.95. The molecule has 38 heavy (non-hydrogen) atoms. The second-order valence-electron chi connectivity index (χ2n) is 9.95. The lowest BCUT2D eigenvalue weighted by Gasteiger charge is -2.17. The minimum absolute atomic E-state index is 0.0891. The van der Waals surface area contributed by atoms with Crippen molar-refractivity contribution in [1.29, 1.82) is 0 Å². The van der Waals surface area contributed by atoms with E-state index in [1.165, 1.54) is 0 Å². The largest absolute Gasteiger partial charge is 0.462 e. The molecule has 4 rings (SSSR count). The molecular weight excluding hydrogens is 478 g/mol. The fourth-order valence-corrected chi connectivity index (χ4v) is 4.45. The van der Waals surface area contributed by atoms with E-state index in [1.54, 1.807) is 26.1 Å². The molecule has 1 aliphatic rings. The number of Topliss-reactive ketones (excluding diaryl/α,β-unsaturated/α-hetero) is 1. The molecule has 0 bridgehead atoms. The smallest absolute Gasteiger partial charge is 0.322 e. The Labute approximate surface area is 223 Å². The van der Waals surface area contributed by atoms with Crippen LogP contribution >= 0.6 is 0 Å². The minimum atomic E-state index is -1.10. The zero-order valence-electron chi connectivity index (χ0n) is 22.3. The van der Waals surface area contributed by atoms with Crippen molar-refractivity contribution in [1.82, 2.24) is 0 Å². The number of aliphatic imine (C=N–C) groups is 1. The topological polar surface area (TPSA) is 82.0 Å². The lowest BCUT2D eigenvalue weighted by atomic mass is 9.91. The number of carbonyl (C=O) groups excluding carboxylic acids is 3. The Bertz CT molecular complexity index is 1320. The Balaban J connectivity index is 1.47. The monoisotopic (exact) mass is 511 g/mol. The van der Waals surface area contributed by atoms with E-state index in [0.29, 0.717) is 11.3 Å². The van der Waals surface area contributed by atoms with E-state index in [0.717, 1.165) is 35.1 Å². The number of esters is 2. The van der Waals surface area contributed by atoms with Crippen LogP contribution in [0.1, 0.15) is 55.1 Å². The summed E-state index contributed by atoms with van der Waals surface area (Å²) in [5.74, 6) is -2.24. The van der Waals surface area contributed by atoms with Gasteiger partial charge in [0.15, 0.2) is 11.7 Å². The molecule has 6 heteroatoms. The quantitative estimate of drug-likeness (QED) is 0.145. The molecule has 0 spiro atoms. The van der Waals surface area contributed by atoms with E-state index in [9.17, 15) is 14.4 Å². The van der Waals surface area contributed by atoms with E-state index in [1.807, 2.05) is 80.6 Å². The number of rotatable bonds is 10. The SMILES string of the molecule is CN=C(C)C(C(=O)OCc1ccccc1)C(=O)c1ccc(-c2ccc(C3(C(=O)OC(C)C)CC3)cc2)cc1. The summed E-state index contributed by atoms with van der Waals surface area (Å²) < 4.78 is 10.9. The molecule has 1 aliphatic carbocycles. The average molecular weight is 512 g/mol. The highest BCUT2D eigenvalue weighted by Gasteiger charge is 2.53. The molecule has 3 aromatic rings. The molecule has 0 saturated heterocycles. The van der Waals surface area contributed by atoms with Gasteiger partial charge in [0.2, 0.25) is 0 Å². The first kappa shape index (κ1) is 27.0. The van der Waals surface area contributed by atoms with Crippen LogP contribution in [0.4, 0.5) is 0 Å². The molecule has 0 aliphatic heterocycles. The van der Waals surface area contributed by atoms with Gasteiger partial charge in [-0.1, -0.05) is 78.9 Å². The van der Waals surface area contributed by atoms with Crippen LogP contribution in [0.25, 0.3) is 11.1 Å². The Morgan fingerprint density at radius 2 is 1.45 bits per heavy atom. The van der Waals surface area contributed by atoms with Crippen LogP contribution in [0.2, 0.25) is 0 Å². The van der Waals surface area contributed by atoms with Crippen LogP contribution in [-0.2, 0) is 31.1 Å². The van der Waals surface area contributed by atoms with E-state index in [4.69, 9.17) is 9.47 Å². The van der Waals surface area contributed by atoms with Gasteiger partial charge in [0, 0.05) is 18.3 Å². The number of benzene rings is 3. The summed E-state index contributed by atoms with van der Waals surface area (Å²) in [5, 5.41) is 0. The van der Waals surface area contributed by atoms with Crippen LogP contribution in [0.3, 0.4) is 0 Å². The predicted octanol–water partition coefficient (Wildman–Crippen LogP) is 5.97. The van der Waals surface area contributed by atoms with Crippen molar-refractivity contribution in [2.45, 2.75) is 51.7 Å². The van der Waals surface area contributed by atoms with Gasteiger partial charge in [-0.2, -0.15) is 0 Å². The van der Waals surface area contributed by atoms with E-state index in [-0.39, 0.29) is 24.5 Å². The summed E-state index contributed by atoms with van der Waals surface area (Å²) in [5.41, 5.74) is 3.98. The maximum absolute atomic E-state index is 13.3. The number of hydrogen-bond donors (Lipinski definition) is 0. The zero-order valence-corrected chi connectivity index (χ0v) is 22.3. The first-order valence-electron chi connectivity index (χ1n) is 12.9. The Kier molecular flexibility index (Phi) is 8.20. The van der Waals surface area contributed by atoms with Crippen LogP contribution in [0.15, 0.2) is 83.9 Å². The van der Waals surface area contributed by atoms with Crippen molar-refractivity contribution in [2.24, 2.45) is 10.9 Å². The van der Waals surface area contributed by atoms with Crippen LogP contribution in [-0.4, -0.2) is 36.6 Å². The predicted molar refractivity (Wildman–Crippen MR) is 147 cm³/mol. The Morgan fingerprint density at radius 1 is 0.868 bits per heavy atom.